The van der Waals surface area contributed by atoms with E-state index in [0.29, 0.717) is 12.0 Å². The minimum Gasteiger partial charge on any atom is -0.482 e. The molecule has 0 saturated heterocycles. The first-order valence-electron chi connectivity index (χ1n) is 5.64. The minimum absolute atomic E-state index is 0.0480. The molecule has 4 nitrogen and oxygen atoms in total. The van der Waals surface area contributed by atoms with Gasteiger partial charge in [-0.1, -0.05) is 0 Å². The van der Waals surface area contributed by atoms with Gasteiger partial charge >= 0.3 is 0 Å². The fourth-order valence-corrected chi connectivity index (χ4v) is 1.68. The summed E-state index contributed by atoms with van der Waals surface area (Å²) in [6, 6.07) is 7.23. The van der Waals surface area contributed by atoms with Gasteiger partial charge in [-0.2, -0.15) is 0 Å². The van der Waals surface area contributed by atoms with Crippen molar-refractivity contribution in [2.75, 3.05) is 6.61 Å². The first kappa shape index (κ1) is 13.0. The van der Waals surface area contributed by atoms with Crippen molar-refractivity contribution in [3.63, 3.8) is 0 Å². The molecule has 0 amide bonds. The topological polar surface area (TPSA) is 48.3 Å². The quantitative estimate of drug-likeness (QED) is 0.612. The number of aromatic nitrogens is 1. The molecule has 0 N–H and O–H groups in total. The summed E-state index contributed by atoms with van der Waals surface area (Å²) in [5.74, 6) is -0.955. The van der Waals surface area contributed by atoms with E-state index >= 15 is 0 Å². The molecule has 0 saturated carbocycles. The fraction of sp³-hybridized carbons (Fsp3) is 0.143. The molecular formula is C14H12FNO3. The van der Waals surface area contributed by atoms with E-state index in [2.05, 4.69) is 0 Å². The van der Waals surface area contributed by atoms with Crippen molar-refractivity contribution in [2.45, 2.75) is 0 Å². The van der Waals surface area contributed by atoms with Crippen LogP contribution in [0.15, 0.2) is 36.5 Å². The molecule has 0 bridgehead atoms. The third-order valence-corrected chi connectivity index (χ3v) is 2.68. The summed E-state index contributed by atoms with van der Waals surface area (Å²) in [6.45, 7) is -0.255. The monoisotopic (exact) mass is 261 g/mol. The Bertz CT molecular complexity index is 619. The van der Waals surface area contributed by atoms with Gasteiger partial charge in [0.15, 0.2) is 18.2 Å². The standard InChI is InChI=1S/C14H12FNO3/c1-16-6-2-3-12(16)13(18)9-19-14-5-4-10(8-17)7-11(14)15/h2-8H,9H2,1H3. The molecule has 0 unspecified atom stereocenters. The van der Waals surface area contributed by atoms with Crippen molar-refractivity contribution in [2.24, 2.45) is 7.05 Å². The third-order valence-electron chi connectivity index (χ3n) is 2.68. The summed E-state index contributed by atoms with van der Waals surface area (Å²) in [4.78, 5) is 22.3. The number of halogens is 1. The highest BCUT2D eigenvalue weighted by Crippen LogP contribution is 2.18. The van der Waals surface area contributed by atoms with Crippen LogP contribution in [0.1, 0.15) is 20.8 Å². The second-order valence-corrected chi connectivity index (χ2v) is 4.02. The SMILES string of the molecule is Cn1cccc1C(=O)COc1ccc(C=O)cc1F. The summed E-state index contributed by atoms with van der Waals surface area (Å²) < 4.78 is 20.3. The van der Waals surface area contributed by atoms with Crippen LogP contribution in [0.25, 0.3) is 0 Å². The van der Waals surface area contributed by atoms with Gasteiger partial charge in [0.25, 0.3) is 0 Å². The van der Waals surface area contributed by atoms with Gasteiger partial charge < -0.3 is 9.30 Å². The largest absolute Gasteiger partial charge is 0.482 e. The molecule has 1 aromatic heterocycles. The fourth-order valence-electron chi connectivity index (χ4n) is 1.68. The molecule has 0 aliphatic rings. The zero-order chi connectivity index (χ0) is 13.8. The normalized spacial score (nSPS) is 10.2. The number of carbonyl (C=O) groups excluding carboxylic acids is 2. The molecule has 0 fully saturated rings. The van der Waals surface area contributed by atoms with Crippen LogP contribution in [-0.4, -0.2) is 23.2 Å². The van der Waals surface area contributed by atoms with Crippen molar-refractivity contribution < 1.29 is 18.7 Å². The summed E-state index contributed by atoms with van der Waals surface area (Å²) in [6.07, 6.45) is 2.29. The zero-order valence-electron chi connectivity index (χ0n) is 10.3. The Kier molecular flexibility index (Phi) is 3.75. The minimum atomic E-state index is -0.663. The number of aryl methyl sites for hydroxylation is 1. The first-order valence-corrected chi connectivity index (χ1v) is 5.64. The van der Waals surface area contributed by atoms with E-state index in [1.165, 1.54) is 12.1 Å². The molecule has 5 heteroatoms. The lowest BCUT2D eigenvalue weighted by molar-refractivity contribution is 0.0910. The molecular weight excluding hydrogens is 249 g/mol. The molecule has 0 spiro atoms. The maximum Gasteiger partial charge on any atom is 0.216 e. The number of ketones is 1. The predicted octanol–water partition coefficient (Wildman–Crippen LogP) is 2.24. The smallest absolute Gasteiger partial charge is 0.216 e. The molecule has 2 rings (SSSR count). The number of aldehydes is 1. The van der Waals surface area contributed by atoms with Crippen molar-refractivity contribution in [3.05, 3.63) is 53.6 Å². The van der Waals surface area contributed by atoms with Gasteiger partial charge in [0.1, 0.15) is 6.29 Å². The number of rotatable bonds is 5. The Morgan fingerprint density at radius 2 is 2.21 bits per heavy atom. The summed E-state index contributed by atoms with van der Waals surface area (Å²) in [5, 5.41) is 0. The van der Waals surface area contributed by atoms with Crippen molar-refractivity contribution >= 4 is 12.1 Å². The second kappa shape index (κ2) is 5.48. The van der Waals surface area contributed by atoms with Gasteiger partial charge in [-0.05, 0) is 30.3 Å². The number of nitrogens with zero attached hydrogens (tertiary/aromatic N) is 1. The van der Waals surface area contributed by atoms with Gasteiger partial charge in [0.05, 0.1) is 5.69 Å². The average Bonchev–Trinajstić information content (AvgIpc) is 2.83. The van der Waals surface area contributed by atoms with Crippen molar-refractivity contribution in [1.29, 1.82) is 0 Å². The van der Waals surface area contributed by atoms with E-state index < -0.39 is 5.82 Å². The number of Topliss-reactive ketones (excluding diaryl/α,β-unsaturated/α-hetero) is 1. The van der Waals surface area contributed by atoms with E-state index in [-0.39, 0.29) is 23.7 Å². The highest BCUT2D eigenvalue weighted by atomic mass is 19.1. The maximum atomic E-state index is 13.5. The summed E-state index contributed by atoms with van der Waals surface area (Å²) in [7, 11) is 1.74. The zero-order valence-corrected chi connectivity index (χ0v) is 10.3. The summed E-state index contributed by atoms with van der Waals surface area (Å²) >= 11 is 0. The van der Waals surface area contributed by atoms with E-state index in [1.54, 1.807) is 29.9 Å². The molecule has 0 aliphatic carbocycles. The van der Waals surface area contributed by atoms with Crippen molar-refractivity contribution in [1.82, 2.24) is 4.57 Å². The van der Waals surface area contributed by atoms with E-state index in [1.807, 2.05) is 0 Å². The van der Waals surface area contributed by atoms with Crippen LogP contribution >= 0.6 is 0 Å². The maximum absolute atomic E-state index is 13.5. The van der Waals surface area contributed by atoms with Crippen LogP contribution in [0.4, 0.5) is 4.39 Å². The number of hydrogen-bond donors (Lipinski definition) is 0. The Hall–Kier alpha value is -2.43. The number of ether oxygens (including phenoxy) is 1. The predicted molar refractivity (Wildman–Crippen MR) is 67.0 cm³/mol. The lowest BCUT2D eigenvalue weighted by Crippen LogP contribution is -2.15. The van der Waals surface area contributed by atoms with Gasteiger partial charge in [0, 0.05) is 18.8 Å². The van der Waals surface area contributed by atoms with Gasteiger partial charge in [-0.3, -0.25) is 9.59 Å². The van der Waals surface area contributed by atoms with Gasteiger partial charge in [0.2, 0.25) is 5.78 Å². The molecule has 0 atom stereocenters. The Balaban J connectivity index is 2.05. The van der Waals surface area contributed by atoms with Gasteiger partial charge in [-0.25, -0.2) is 4.39 Å². The molecule has 19 heavy (non-hydrogen) atoms. The molecule has 1 aromatic carbocycles. The average molecular weight is 261 g/mol. The molecule has 0 aliphatic heterocycles. The molecule has 2 aromatic rings. The van der Waals surface area contributed by atoms with E-state index in [9.17, 15) is 14.0 Å². The van der Waals surface area contributed by atoms with Gasteiger partial charge in [-0.15, -0.1) is 0 Å². The van der Waals surface area contributed by atoms with Crippen LogP contribution in [-0.2, 0) is 7.05 Å². The van der Waals surface area contributed by atoms with Crippen molar-refractivity contribution in [3.8, 4) is 5.75 Å². The van der Waals surface area contributed by atoms with E-state index in [4.69, 9.17) is 4.74 Å². The Morgan fingerprint density at radius 1 is 1.42 bits per heavy atom. The lowest BCUT2D eigenvalue weighted by Gasteiger charge is -2.07. The third kappa shape index (κ3) is 2.88. The van der Waals surface area contributed by atoms with E-state index in [0.717, 1.165) is 6.07 Å². The van der Waals surface area contributed by atoms with Crippen LogP contribution in [0.2, 0.25) is 0 Å². The Morgan fingerprint density at radius 3 is 2.79 bits per heavy atom. The highest BCUT2D eigenvalue weighted by Gasteiger charge is 2.11. The van der Waals surface area contributed by atoms with Crippen LogP contribution < -0.4 is 4.74 Å². The van der Waals surface area contributed by atoms with Crippen LogP contribution in [0, 0.1) is 5.82 Å². The summed E-state index contributed by atoms with van der Waals surface area (Å²) in [5.41, 5.74) is 0.712. The molecule has 0 radical (unpaired) electrons. The number of carbonyl (C=O) groups is 2. The first-order chi connectivity index (χ1) is 9.11. The van der Waals surface area contributed by atoms with Crippen LogP contribution in [0.5, 0.6) is 5.75 Å². The van der Waals surface area contributed by atoms with Crippen LogP contribution in [0.3, 0.4) is 0 Å². The second-order valence-electron chi connectivity index (χ2n) is 4.02. The Labute approximate surface area is 109 Å². The molecule has 98 valence electrons. The lowest BCUT2D eigenvalue weighted by atomic mass is 10.2. The molecule has 1 heterocycles. The highest BCUT2D eigenvalue weighted by molar-refractivity contribution is 5.95. The number of hydrogen-bond acceptors (Lipinski definition) is 3. The number of benzene rings is 1.